The van der Waals surface area contributed by atoms with Crippen molar-refractivity contribution in [1.29, 1.82) is 0 Å². The second-order valence-corrected chi connectivity index (χ2v) is 4.36. The first-order chi connectivity index (χ1) is 9.96. The van der Waals surface area contributed by atoms with E-state index in [9.17, 15) is 4.79 Å². The van der Waals surface area contributed by atoms with Crippen molar-refractivity contribution in [3.63, 3.8) is 0 Å². The molecule has 1 aromatic carbocycles. The standard InChI is InChI=1S/C13H16N4O4/c1-6(12(18)19)15-13-16-8-5-10(21-3)9(20-2)4-7(8)11(14)17-13/h4-6H,1-3H3,(H,18,19)(H3,14,15,16,17). The van der Waals surface area contributed by atoms with Gasteiger partial charge in [0.2, 0.25) is 5.95 Å². The number of anilines is 2. The molecule has 8 heteroatoms. The van der Waals surface area contributed by atoms with Gasteiger partial charge in [0, 0.05) is 11.5 Å². The number of carboxylic acids is 1. The summed E-state index contributed by atoms with van der Waals surface area (Å²) in [5, 5.41) is 12.2. The average molecular weight is 292 g/mol. The van der Waals surface area contributed by atoms with Crippen molar-refractivity contribution in [2.24, 2.45) is 0 Å². The van der Waals surface area contributed by atoms with Crippen LogP contribution in [-0.2, 0) is 4.79 Å². The molecule has 0 spiro atoms. The lowest BCUT2D eigenvalue weighted by atomic mass is 10.2. The van der Waals surface area contributed by atoms with Crippen LogP contribution in [0.5, 0.6) is 11.5 Å². The number of aromatic nitrogens is 2. The number of methoxy groups -OCH3 is 2. The number of nitrogens with two attached hydrogens (primary N) is 1. The first kappa shape index (κ1) is 14.6. The van der Waals surface area contributed by atoms with Crippen LogP contribution in [0, 0.1) is 0 Å². The Morgan fingerprint density at radius 3 is 2.48 bits per heavy atom. The molecule has 112 valence electrons. The van der Waals surface area contributed by atoms with E-state index in [1.54, 1.807) is 12.1 Å². The normalized spacial score (nSPS) is 12.0. The summed E-state index contributed by atoms with van der Waals surface area (Å²) < 4.78 is 10.4. The summed E-state index contributed by atoms with van der Waals surface area (Å²) in [6, 6.07) is 2.50. The fraction of sp³-hybridized carbons (Fsp3) is 0.308. The highest BCUT2D eigenvalue weighted by molar-refractivity contribution is 5.92. The van der Waals surface area contributed by atoms with Crippen LogP contribution in [0.25, 0.3) is 10.9 Å². The van der Waals surface area contributed by atoms with E-state index in [0.717, 1.165) is 0 Å². The van der Waals surface area contributed by atoms with Crippen molar-refractivity contribution < 1.29 is 19.4 Å². The van der Waals surface area contributed by atoms with Crippen molar-refractivity contribution in [3.05, 3.63) is 12.1 Å². The summed E-state index contributed by atoms with van der Waals surface area (Å²) in [5.41, 5.74) is 6.42. The van der Waals surface area contributed by atoms with E-state index in [1.165, 1.54) is 21.1 Å². The number of carboxylic acid groups (broad SMARTS) is 1. The number of aliphatic carboxylic acids is 1. The Kier molecular flexibility index (Phi) is 3.97. The van der Waals surface area contributed by atoms with E-state index in [-0.39, 0.29) is 11.8 Å². The third-order valence-electron chi connectivity index (χ3n) is 2.95. The van der Waals surface area contributed by atoms with E-state index in [2.05, 4.69) is 15.3 Å². The summed E-state index contributed by atoms with van der Waals surface area (Å²) in [6.07, 6.45) is 0. The van der Waals surface area contributed by atoms with Crippen LogP contribution in [0.15, 0.2) is 12.1 Å². The zero-order valence-corrected chi connectivity index (χ0v) is 11.9. The van der Waals surface area contributed by atoms with Gasteiger partial charge in [-0.1, -0.05) is 0 Å². The molecule has 4 N–H and O–H groups in total. The smallest absolute Gasteiger partial charge is 0.325 e. The number of nitrogens with zero attached hydrogens (tertiary/aromatic N) is 2. The Morgan fingerprint density at radius 2 is 1.90 bits per heavy atom. The van der Waals surface area contributed by atoms with Crippen LogP contribution in [0.2, 0.25) is 0 Å². The van der Waals surface area contributed by atoms with E-state index in [1.807, 2.05) is 0 Å². The van der Waals surface area contributed by atoms with Crippen molar-refractivity contribution in [2.45, 2.75) is 13.0 Å². The summed E-state index contributed by atoms with van der Waals surface area (Å²) in [6.45, 7) is 1.49. The number of fused-ring (bicyclic) bond motifs is 1. The van der Waals surface area contributed by atoms with Gasteiger partial charge in [0.05, 0.1) is 19.7 Å². The summed E-state index contributed by atoms with van der Waals surface area (Å²) >= 11 is 0. The second kappa shape index (κ2) is 5.70. The topological polar surface area (TPSA) is 120 Å². The molecular weight excluding hydrogens is 276 g/mol. The van der Waals surface area contributed by atoms with Gasteiger partial charge in [-0.15, -0.1) is 0 Å². The minimum atomic E-state index is -1.01. The van der Waals surface area contributed by atoms with Crippen molar-refractivity contribution in [1.82, 2.24) is 9.97 Å². The number of ether oxygens (including phenoxy) is 2. The van der Waals surface area contributed by atoms with Gasteiger partial charge in [0.1, 0.15) is 11.9 Å². The largest absolute Gasteiger partial charge is 0.493 e. The molecule has 2 rings (SSSR count). The van der Waals surface area contributed by atoms with Crippen LogP contribution < -0.4 is 20.5 Å². The number of rotatable bonds is 5. The molecule has 8 nitrogen and oxygen atoms in total. The lowest BCUT2D eigenvalue weighted by Crippen LogP contribution is -2.26. The molecule has 1 atom stereocenters. The van der Waals surface area contributed by atoms with Gasteiger partial charge >= 0.3 is 5.97 Å². The van der Waals surface area contributed by atoms with Gasteiger partial charge < -0.3 is 25.6 Å². The zero-order chi connectivity index (χ0) is 15.6. The second-order valence-electron chi connectivity index (χ2n) is 4.36. The third kappa shape index (κ3) is 2.88. The van der Waals surface area contributed by atoms with E-state index in [4.69, 9.17) is 20.3 Å². The maximum absolute atomic E-state index is 10.9. The highest BCUT2D eigenvalue weighted by atomic mass is 16.5. The quantitative estimate of drug-likeness (QED) is 0.749. The average Bonchev–Trinajstić information content (AvgIpc) is 2.45. The Morgan fingerprint density at radius 1 is 1.29 bits per heavy atom. The lowest BCUT2D eigenvalue weighted by molar-refractivity contribution is -0.137. The molecule has 1 unspecified atom stereocenters. The van der Waals surface area contributed by atoms with Crippen molar-refractivity contribution in [2.75, 3.05) is 25.3 Å². The number of nitrogens with one attached hydrogen (secondary N) is 1. The number of carbonyl (C=O) groups is 1. The molecule has 0 bridgehead atoms. The van der Waals surface area contributed by atoms with Crippen molar-refractivity contribution >= 4 is 28.6 Å². The van der Waals surface area contributed by atoms with Crippen LogP contribution in [0.3, 0.4) is 0 Å². The minimum absolute atomic E-state index is 0.141. The molecule has 1 heterocycles. The molecule has 0 aliphatic rings. The Bertz CT molecular complexity index is 689. The molecule has 0 saturated carbocycles. The molecule has 0 saturated heterocycles. The molecule has 2 aromatic rings. The van der Waals surface area contributed by atoms with Crippen molar-refractivity contribution in [3.8, 4) is 11.5 Å². The van der Waals surface area contributed by atoms with Gasteiger partial charge in [-0.05, 0) is 13.0 Å². The van der Waals surface area contributed by atoms with Gasteiger partial charge in [0.25, 0.3) is 0 Å². The molecule has 0 fully saturated rings. The zero-order valence-electron chi connectivity index (χ0n) is 11.9. The molecule has 0 aliphatic heterocycles. The molecule has 21 heavy (non-hydrogen) atoms. The maximum Gasteiger partial charge on any atom is 0.325 e. The van der Waals surface area contributed by atoms with Crippen LogP contribution in [-0.4, -0.2) is 41.3 Å². The Labute approximate surface area is 120 Å². The number of hydrogen-bond donors (Lipinski definition) is 3. The Balaban J connectivity index is 2.51. The number of benzene rings is 1. The van der Waals surface area contributed by atoms with E-state index >= 15 is 0 Å². The molecule has 1 aromatic heterocycles. The maximum atomic E-state index is 10.9. The lowest BCUT2D eigenvalue weighted by Gasteiger charge is -2.13. The highest BCUT2D eigenvalue weighted by Gasteiger charge is 2.15. The molecule has 0 aliphatic carbocycles. The molecular formula is C13H16N4O4. The van der Waals surface area contributed by atoms with Gasteiger partial charge in [-0.2, -0.15) is 4.98 Å². The fourth-order valence-corrected chi connectivity index (χ4v) is 1.80. The first-order valence-corrected chi connectivity index (χ1v) is 6.14. The highest BCUT2D eigenvalue weighted by Crippen LogP contribution is 2.33. The third-order valence-corrected chi connectivity index (χ3v) is 2.95. The van der Waals surface area contributed by atoms with Gasteiger partial charge in [-0.3, -0.25) is 4.79 Å². The Hall–Kier alpha value is -2.77. The number of hydrogen-bond acceptors (Lipinski definition) is 7. The molecule has 0 amide bonds. The van der Waals surface area contributed by atoms with Gasteiger partial charge in [-0.25, -0.2) is 4.98 Å². The SMILES string of the molecule is COc1cc2nc(NC(C)C(=O)O)nc(N)c2cc1OC. The van der Waals surface area contributed by atoms with Gasteiger partial charge in [0.15, 0.2) is 11.5 Å². The summed E-state index contributed by atoms with van der Waals surface area (Å²) in [4.78, 5) is 19.1. The van der Waals surface area contributed by atoms with Crippen LogP contribution in [0.1, 0.15) is 6.92 Å². The predicted molar refractivity (Wildman–Crippen MR) is 77.8 cm³/mol. The monoisotopic (exact) mass is 292 g/mol. The van der Waals surface area contributed by atoms with Crippen LogP contribution >= 0.6 is 0 Å². The molecule has 0 radical (unpaired) electrons. The van der Waals surface area contributed by atoms with E-state index in [0.29, 0.717) is 22.4 Å². The fourth-order valence-electron chi connectivity index (χ4n) is 1.80. The van der Waals surface area contributed by atoms with E-state index < -0.39 is 12.0 Å². The summed E-state index contributed by atoms with van der Waals surface area (Å²) in [7, 11) is 3.03. The summed E-state index contributed by atoms with van der Waals surface area (Å²) in [5.74, 6) is 0.369. The first-order valence-electron chi connectivity index (χ1n) is 6.14. The number of nitrogen functional groups attached to an aromatic ring is 1. The van der Waals surface area contributed by atoms with Crippen LogP contribution in [0.4, 0.5) is 11.8 Å². The minimum Gasteiger partial charge on any atom is -0.493 e. The predicted octanol–water partition coefficient (Wildman–Crippen LogP) is 1.11.